The Kier molecular flexibility index (Phi) is 3.01. The van der Waals surface area contributed by atoms with E-state index in [4.69, 9.17) is 0 Å². The molecule has 0 bridgehead atoms. The maximum Gasteiger partial charge on any atom is 0.0910 e. The minimum absolute atomic E-state index is 0.746. The summed E-state index contributed by atoms with van der Waals surface area (Å²) in [4.78, 5) is 0. The lowest BCUT2D eigenvalue weighted by Gasteiger charge is -2.39. The smallest absolute Gasteiger partial charge is 0.0910 e. The lowest BCUT2D eigenvalue weighted by atomic mass is 9.81. The van der Waals surface area contributed by atoms with Crippen LogP contribution in [0.3, 0.4) is 0 Å². The van der Waals surface area contributed by atoms with Crippen molar-refractivity contribution in [3.8, 4) is 0 Å². The van der Waals surface area contributed by atoms with Gasteiger partial charge in [0.2, 0.25) is 0 Å². The Hall–Kier alpha value is 0.0700. The van der Waals surface area contributed by atoms with Crippen molar-refractivity contribution in [1.82, 2.24) is 9.62 Å². The molecule has 2 saturated heterocycles. The normalized spacial score (nSPS) is 29.9. The Balaban J connectivity index is 1.78. The Labute approximate surface area is 82.5 Å². The number of hydrogen-bond acceptors (Lipinski definition) is 2. The highest BCUT2D eigenvalue weighted by Crippen LogP contribution is 2.27. The molecule has 1 atom stereocenters. The highest BCUT2D eigenvalue weighted by molar-refractivity contribution is 7.81. The zero-order valence-electron chi connectivity index (χ0n) is 8.16. The van der Waals surface area contributed by atoms with Crippen molar-refractivity contribution in [2.45, 2.75) is 12.8 Å². The van der Waals surface area contributed by atoms with E-state index in [9.17, 15) is 4.21 Å². The first kappa shape index (κ1) is 9.62. The molecule has 13 heavy (non-hydrogen) atoms. The first-order valence-electron chi connectivity index (χ1n) is 5.06. The van der Waals surface area contributed by atoms with Crippen LogP contribution in [-0.2, 0) is 11.0 Å². The minimum Gasteiger partial charge on any atom is -0.316 e. The molecule has 0 aromatic heterocycles. The van der Waals surface area contributed by atoms with E-state index in [-0.39, 0.29) is 0 Å². The van der Waals surface area contributed by atoms with Crippen molar-refractivity contribution in [3.63, 3.8) is 0 Å². The molecule has 4 heteroatoms. The molecule has 2 heterocycles. The van der Waals surface area contributed by atoms with Crippen LogP contribution in [0.4, 0.5) is 0 Å². The summed E-state index contributed by atoms with van der Waals surface area (Å²) in [6.45, 7) is 4.48. The molecule has 76 valence electrons. The molecular weight excluding hydrogens is 184 g/mol. The van der Waals surface area contributed by atoms with E-state index in [0.717, 1.165) is 24.9 Å². The maximum atomic E-state index is 11.2. The molecule has 1 unspecified atom stereocenters. The van der Waals surface area contributed by atoms with Crippen molar-refractivity contribution in [3.05, 3.63) is 0 Å². The fraction of sp³-hybridized carbons (Fsp3) is 1.00. The van der Waals surface area contributed by atoms with Gasteiger partial charge in [-0.15, -0.1) is 0 Å². The molecule has 2 aliphatic heterocycles. The van der Waals surface area contributed by atoms with Crippen LogP contribution in [0.2, 0.25) is 0 Å². The second-order valence-corrected chi connectivity index (χ2v) is 5.47. The van der Waals surface area contributed by atoms with Gasteiger partial charge in [-0.2, -0.15) is 0 Å². The molecule has 2 rings (SSSR count). The molecular formula is C9H18N2OS. The van der Waals surface area contributed by atoms with Crippen LogP contribution in [0, 0.1) is 11.8 Å². The SMILES string of the molecule is CS(=O)N1CCC(C2CNC2)CC1. The number of nitrogens with zero attached hydrogens (tertiary/aromatic N) is 1. The summed E-state index contributed by atoms with van der Waals surface area (Å²) < 4.78 is 13.3. The van der Waals surface area contributed by atoms with Crippen LogP contribution < -0.4 is 5.32 Å². The van der Waals surface area contributed by atoms with Gasteiger partial charge in [0.15, 0.2) is 0 Å². The van der Waals surface area contributed by atoms with Gasteiger partial charge in [-0.05, 0) is 37.8 Å². The Morgan fingerprint density at radius 2 is 1.85 bits per heavy atom. The Bertz CT molecular complexity index is 198. The van der Waals surface area contributed by atoms with Crippen molar-refractivity contribution < 1.29 is 4.21 Å². The first-order valence-corrected chi connectivity index (χ1v) is 6.58. The molecule has 0 radical (unpaired) electrons. The van der Waals surface area contributed by atoms with E-state index >= 15 is 0 Å². The highest BCUT2D eigenvalue weighted by atomic mass is 32.2. The fourth-order valence-corrected chi connectivity index (χ4v) is 2.97. The first-order chi connectivity index (χ1) is 6.27. The van der Waals surface area contributed by atoms with Crippen LogP contribution in [0.15, 0.2) is 0 Å². The van der Waals surface area contributed by atoms with Gasteiger partial charge in [-0.25, -0.2) is 8.51 Å². The summed E-state index contributed by atoms with van der Waals surface area (Å²) >= 11 is 0. The summed E-state index contributed by atoms with van der Waals surface area (Å²) in [5.74, 6) is 1.80. The monoisotopic (exact) mass is 202 g/mol. The van der Waals surface area contributed by atoms with Gasteiger partial charge in [-0.1, -0.05) is 0 Å². The Morgan fingerprint density at radius 1 is 1.23 bits per heavy atom. The second kappa shape index (κ2) is 4.07. The maximum absolute atomic E-state index is 11.2. The molecule has 1 N–H and O–H groups in total. The van der Waals surface area contributed by atoms with Crippen LogP contribution >= 0.6 is 0 Å². The largest absolute Gasteiger partial charge is 0.316 e. The molecule has 0 aromatic rings. The van der Waals surface area contributed by atoms with E-state index in [1.807, 2.05) is 0 Å². The predicted octanol–water partition coefficient (Wildman–Crippen LogP) is 0.211. The number of hydrogen-bond donors (Lipinski definition) is 1. The molecule has 0 amide bonds. The van der Waals surface area contributed by atoms with Crippen LogP contribution in [0.1, 0.15) is 12.8 Å². The lowest BCUT2D eigenvalue weighted by molar-refractivity contribution is 0.163. The van der Waals surface area contributed by atoms with Gasteiger partial charge in [0.25, 0.3) is 0 Å². The van der Waals surface area contributed by atoms with E-state index in [1.165, 1.54) is 25.9 Å². The number of nitrogens with one attached hydrogen (secondary N) is 1. The second-order valence-electron chi connectivity index (χ2n) is 4.11. The van der Waals surface area contributed by atoms with Crippen LogP contribution in [0.5, 0.6) is 0 Å². The quantitative estimate of drug-likeness (QED) is 0.694. The topological polar surface area (TPSA) is 32.3 Å². The van der Waals surface area contributed by atoms with Gasteiger partial charge in [0.05, 0.1) is 11.0 Å². The number of rotatable bonds is 2. The summed E-state index contributed by atoms with van der Waals surface area (Å²) in [7, 11) is -0.746. The molecule has 0 aromatic carbocycles. The van der Waals surface area contributed by atoms with Gasteiger partial charge in [0.1, 0.15) is 0 Å². The fourth-order valence-electron chi connectivity index (χ4n) is 2.25. The van der Waals surface area contributed by atoms with Crippen molar-refractivity contribution in [1.29, 1.82) is 0 Å². The van der Waals surface area contributed by atoms with Gasteiger partial charge in [-0.3, -0.25) is 0 Å². The third-order valence-electron chi connectivity index (χ3n) is 3.34. The minimum atomic E-state index is -0.746. The van der Waals surface area contributed by atoms with E-state index in [2.05, 4.69) is 9.62 Å². The predicted molar refractivity (Wildman–Crippen MR) is 54.7 cm³/mol. The summed E-state index contributed by atoms with van der Waals surface area (Å²) in [6.07, 6.45) is 4.27. The molecule has 0 aliphatic carbocycles. The van der Waals surface area contributed by atoms with Crippen molar-refractivity contribution in [2.75, 3.05) is 32.4 Å². The van der Waals surface area contributed by atoms with Crippen molar-refractivity contribution in [2.24, 2.45) is 11.8 Å². The van der Waals surface area contributed by atoms with Gasteiger partial charge >= 0.3 is 0 Å². The zero-order chi connectivity index (χ0) is 9.26. The molecule has 0 saturated carbocycles. The van der Waals surface area contributed by atoms with Crippen LogP contribution in [0.25, 0.3) is 0 Å². The van der Waals surface area contributed by atoms with Gasteiger partial charge in [0, 0.05) is 19.3 Å². The Morgan fingerprint density at radius 3 is 2.23 bits per heavy atom. The van der Waals surface area contributed by atoms with E-state index in [1.54, 1.807) is 6.26 Å². The molecule has 2 fully saturated rings. The highest BCUT2D eigenvalue weighted by Gasteiger charge is 2.30. The molecule has 0 spiro atoms. The van der Waals surface area contributed by atoms with E-state index < -0.39 is 11.0 Å². The third kappa shape index (κ3) is 2.11. The molecule has 2 aliphatic rings. The standard InChI is InChI=1S/C9H18N2OS/c1-13(12)11-4-2-8(3-5-11)9-6-10-7-9/h8-10H,2-7H2,1H3. The lowest BCUT2D eigenvalue weighted by Crippen LogP contribution is -2.49. The number of piperidine rings is 1. The van der Waals surface area contributed by atoms with E-state index in [0.29, 0.717) is 0 Å². The van der Waals surface area contributed by atoms with Crippen LogP contribution in [-0.4, -0.2) is 40.9 Å². The zero-order valence-corrected chi connectivity index (χ0v) is 8.98. The average molecular weight is 202 g/mol. The van der Waals surface area contributed by atoms with Crippen molar-refractivity contribution >= 4 is 11.0 Å². The van der Waals surface area contributed by atoms with Gasteiger partial charge < -0.3 is 5.32 Å². The summed E-state index contributed by atoms with van der Waals surface area (Å²) in [6, 6.07) is 0. The summed E-state index contributed by atoms with van der Waals surface area (Å²) in [5.41, 5.74) is 0. The third-order valence-corrected chi connectivity index (χ3v) is 4.43. The summed E-state index contributed by atoms with van der Waals surface area (Å²) in [5, 5.41) is 3.32. The molecule has 3 nitrogen and oxygen atoms in total. The average Bonchev–Trinajstić information content (AvgIpc) is 2.02.